The monoisotopic (exact) mass is 1160 g/mol. The molecule has 62 heavy (non-hydrogen) atoms. The SMILES string of the molecule is CC(C)(C)c1ccnc(-c2cc(C(C)(C)C)ccn2)c1.CC(C)(C)c1ccnc(-c2cc(C(C)(C)C)ccn2)c1.F[P-](F)(F)(F)(F)F.F[P-](F)(F)(F)(F)F.F[P-](F)(F)(F)(F)F.[Ir+3]. The molecule has 0 N–H and O–H groups in total. The van der Waals surface area contributed by atoms with E-state index in [-0.39, 0.29) is 41.8 Å². The molecular weight excluding hydrogens is 1120 g/mol. The fourth-order valence-corrected chi connectivity index (χ4v) is 4.15. The third kappa shape index (κ3) is 37.8. The summed E-state index contributed by atoms with van der Waals surface area (Å²) in [4.78, 5) is 17.9. The maximum absolute atomic E-state index is 10.7. The maximum Gasteiger partial charge on any atom is 3.00 e. The van der Waals surface area contributed by atoms with Gasteiger partial charge in [0.15, 0.2) is 0 Å². The molecule has 0 aliphatic carbocycles. The van der Waals surface area contributed by atoms with Crippen molar-refractivity contribution in [3.63, 3.8) is 0 Å². The molecule has 0 amide bonds. The molecule has 4 aromatic heterocycles. The van der Waals surface area contributed by atoms with E-state index in [9.17, 15) is 75.5 Å². The van der Waals surface area contributed by atoms with E-state index in [1.807, 2.05) is 24.8 Å². The molecule has 0 aromatic carbocycles. The summed E-state index contributed by atoms with van der Waals surface area (Å²) in [6, 6.07) is 16.9. The van der Waals surface area contributed by atoms with Crippen molar-refractivity contribution in [2.75, 3.05) is 0 Å². The first-order valence-electron chi connectivity index (χ1n) is 17.3. The maximum atomic E-state index is 9.87. The van der Waals surface area contributed by atoms with Crippen LogP contribution in [0.4, 0.5) is 75.5 Å². The van der Waals surface area contributed by atoms with Crippen LogP contribution in [0.2, 0.25) is 0 Å². The summed E-state index contributed by atoms with van der Waals surface area (Å²) in [5, 5.41) is 0. The summed E-state index contributed by atoms with van der Waals surface area (Å²) in [5.74, 6) is 0. The second kappa shape index (κ2) is 16.9. The Labute approximate surface area is 361 Å². The number of nitrogens with zero attached hydrogens (tertiary/aromatic N) is 4. The first kappa shape index (κ1) is 61.4. The summed E-state index contributed by atoms with van der Waals surface area (Å²) in [6.45, 7) is 26.6. The number of pyridine rings is 4. The Balaban J connectivity index is 0. The zero-order chi connectivity index (χ0) is 49.2. The fourth-order valence-electron chi connectivity index (χ4n) is 4.15. The molecule has 4 aromatic rings. The number of rotatable bonds is 2. The van der Waals surface area contributed by atoms with Gasteiger partial charge in [-0.05, 0) is 92.4 Å². The smallest absolute Gasteiger partial charge is 3.00 e. The van der Waals surface area contributed by atoms with Crippen LogP contribution in [0.15, 0.2) is 73.3 Å². The van der Waals surface area contributed by atoms with Crippen LogP contribution in [-0.4, -0.2) is 19.9 Å². The summed E-state index contributed by atoms with van der Waals surface area (Å²) in [5.41, 5.74) is 9.42. The zero-order valence-corrected chi connectivity index (χ0v) is 40.3. The second-order valence-electron chi connectivity index (χ2n) is 17.6. The molecular formula is C36H48F18IrN4P3. The second-order valence-corrected chi connectivity index (χ2v) is 23.3. The first-order valence-corrected chi connectivity index (χ1v) is 23.4. The van der Waals surface area contributed by atoms with Gasteiger partial charge in [-0.3, -0.25) is 19.9 Å². The molecule has 0 bridgehead atoms. The van der Waals surface area contributed by atoms with Gasteiger partial charge in [0.1, 0.15) is 0 Å². The molecule has 4 rings (SSSR count). The van der Waals surface area contributed by atoms with Crippen LogP contribution < -0.4 is 0 Å². The van der Waals surface area contributed by atoms with Gasteiger partial charge in [-0.2, -0.15) is 0 Å². The standard InChI is InChI=1S/2C18H24N2.3F6P.Ir/c2*1-17(2,3)13-7-9-19-15(11-13)16-12-14(8-10-20-16)18(4,5)6;3*1-7(2,3,4,5)6;/h2*7-12H,1-6H3;;;;/q;;3*-1;+3. The number of hydrogen-bond acceptors (Lipinski definition) is 4. The van der Waals surface area contributed by atoms with Crippen molar-refractivity contribution < 1.29 is 95.6 Å². The number of halogens is 18. The van der Waals surface area contributed by atoms with Crippen LogP contribution in [-0.2, 0) is 41.8 Å². The average Bonchev–Trinajstić information content (AvgIpc) is 2.95. The Morgan fingerprint density at radius 1 is 0.290 bits per heavy atom. The normalized spacial score (nSPS) is 15.9. The van der Waals surface area contributed by atoms with Crippen molar-refractivity contribution in [3.05, 3.63) is 95.6 Å². The van der Waals surface area contributed by atoms with Crippen molar-refractivity contribution in [3.8, 4) is 22.8 Å². The van der Waals surface area contributed by atoms with Crippen LogP contribution in [0.1, 0.15) is 105 Å². The predicted molar refractivity (Wildman–Crippen MR) is 210 cm³/mol. The Kier molecular flexibility index (Phi) is 16.8. The molecule has 0 atom stereocenters. The zero-order valence-electron chi connectivity index (χ0n) is 35.2. The van der Waals surface area contributed by atoms with E-state index < -0.39 is 23.4 Å². The van der Waals surface area contributed by atoms with Gasteiger partial charge < -0.3 is 0 Å². The van der Waals surface area contributed by atoms with Crippen molar-refractivity contribution >= 4 is 23.4 Å². The van der Waals surface area contributed by atoms with Gasteiger partial charge in [-0.25, -0.2) is 0 Å². The fraction of sp³-hybridized carbons (Fsp3) is 0.444. The molecule has 362 valence electrons. The van der Waals surface area contributed by atoms with Crippen LogP contribution in [0.3, 0.4) is 0 Å². The molecule has 0 saturated carbocycles. The van der Waals surface area contributed by atoms with Gasteiger partial charge in [0.25, 0.3) is 0 Å². The molecule has 0 aliphatic rings. The van der Waals surface area contributed by atoms with Crippen LogP contribution in [0.5, 0.6) is 0 Å². The van der Waals surface area contributed by atoms with Gasteiger partial charge in [0.2, 0.25) is 0 Å². The average molecular weight is 1160 g/mol. The predicted octanol–water partition coefficient (Wildman–Crippen LogP) is 19.6. The molecule has 26 heteroatoms. The minimum Gasteiger partial charge on any atom is 3.00 e. The minimum atomic E-state index is -10.7. The van der Waals surface area contributed by atoms with Crippen LogP contribution in [0, 0.1) is 0 Å². The molecule has 4 nitrogen and oxygen atoms in total. The molecule has 0 saturated heterocycles. The van der Waals surface area contributed by atoms with E-state index in [1.54, 1.807) is 0 Å². The summed E-state index contributed by atoms with van der Waals surface area (Å²) >= 11 is 0. The minimum absolute atomic E-state index is 0. The van der Waals surface area contributed by atoms with Gasteiger partial charge in [-0.15, -0.1) is 0 Å². The van der Waals surface area contributed by atoms with Crippen LogP contribution in [0.25, 0.3) is 22.8 Å². The van der Waals surface area contributed by atoms with E-state index in [1.165, 1.54) is 22.3 Å². The Bertz CT molecular complexity index is 1800. The molecule has 0 radical (unpaired) electrons. The van der Waals surface area contributed by atoms with E-state index in [2.05, 4.69) is 152 Å². The topological polar surface area (TPSA) is 51.6 Å². The van der Waals surface area contributed by atoms with Crippen molar-refractivity contribution in [2.45, 2.75) is 105 Å². The van der Waals surface area contributed by atoms with Gasteiger partial charge in [-0.1, -0.05) is 83.1 Å². The van der Waals surface area contributed by atoms with Gasteiger partial charge >= 0.3 is 119 Å². The summed E-state index contributed by atoms with van der Waals surface area (Å²) < 4.78 is 178. The van der Waals surface area contributed by atoms with E-state index in [4.69, 9.17) is 0 Å². The van der Waals surface area contributed by atoms with Crippen molar-refractivity contribution in [2.24, 2.45) is 0 Å². The Morgan fingerprint density at radius 2 is 0.403 bits per heavy atom. The molecule has 0 spiro atoms. The quantitative estimate of drug-likeness (QED) is 0.148. The molecule has 0 fully saturated rings. The third-order valence-electron chi connectivity index (χ3n) is 7.03. The molecule has 0 aliphatic heterocycles. The van der Waals surface area contributed by atoms with Crippen molar-refractivity contribution in [1.29, 1.82) is 0 Å². The van der Waals surface area contributed by atoms with Crippen molar-refractivity contribution in [1.82, 2.24) is 19.9 Å². The number of aromatic nitrogens is 4. The first-order chi connectivity index (χ1) is 25.7. The summed E-state index contributed by atoms with van der Waals surface area (Å²) in [7, 11) is -32.0. The largest absolute Gasteiger partial charge is 3.00 e. The van der Waals surface area contributed by atoms with Gasteiger partial charge in [0.05, 0.1) is 22.8 Å². The van der Waals surface area contributed by atoms with E-state index >= 15 is 0 Å². The molecule has 0 unspecified atom stereocenters. The van der Waals surface area contributed by atoms with E-state index in [0.717, 1.165) is 22.8 Å². The number of hydrogen-bond donors (Lipinski definition) is 0. The Hall–Kier alpha value is -2.72. The molecule has 4 heterocycles. The third-order valence-corrected chi connectivity index (χ3v) is 7.03. The van der Waals surface area contributed by atoms with E-state index in [0.29, 0.717) is 0 Å². The van der Waals surface area contributed by atoms with Crippen LogP contribution >= 0.6 is 23.4 Å². The van der Waals surface area contributed by atoms with Gasteiger partial charge in [0, 0.05) is 24.8 Å². The summed E-state index contributed by atoms with van der Waals surface area (Å²) in [6.07, 6.45) is 7.51. The Morgan fingerprint density at radius 3 is 0.500 bits per heavy atom.